The zero-order chi connectivity index (χ0) is 13.6. The highest BCUT2D eigenvalue weighted by atomic mass is 32.1. The number of aromatic nitrogens is 2. The molecule has 1 fully saturated rings. The summed E-state index contributed by atoms with van der Waals surface area (Å²) in [6.45, 7) is 3.74. The van der Waals surface area contributed by atoms with E-state index in [-0.39, 0.29) is 5.92 Å². The first-order chi connectivity index (χ1) is 9.00. The van der Waals surface area contributed by atoms with Crippen LogP contribution in [0.15, 0.2) is 12.4 Å². The van der Waals surface area contributed by atoms with Crippen molar-refractivity contribution in [2.75, 3.05) is 5.32 Å². The molecule has 0 saturated heterocycles. The molecule has 2 aromatic rings. The molecule has 3 rings (SSSR count). The molecule has 6 heteroatoms. The molecule has 19 heavy (non-hydrogen) atoms. The molecular formula is C13H15N3O2S. The van der Waals surface area contributed by atoms with Gasteiger partial charge >= 0.3 is 5.97 Å². The summed E-state index contributed by atoms with van der Waals surface area (Å²) in [4.78, 5) is 22.0. The lowest BCUT2D eigenvalue weighted by atomic mass is 9.96. The number of carboxylic acids is 1. The Kier molecular flexibility index (Phi) is 2.70. The van der Waals surface area contributed by atoms with Gasteiger partial charge < -0.3 is 10.4 Å². The van der Waals surface area contributed by atoms with Crippen molar-refractivity contribution >= 4 is 33.3 Å². The van der Waals surface area contributed by atoms with Gasteiger partial charge in [-0.05, 0) is 38.7 Å². The monoisotopic (exact) mass is 277 g/mol. The second-order valence-corrected chi connectivity index (χ2v) is 6.44. The van der Waals surface area contributed by atoms with Crippen LogP contribution in [0.2, 0.25) is 0 Å². The Hall–Kier alpha value is -1.69. The highest BCUT2D eigenvalue weighted by Gasteiger charge is 2.48. The molecule has 2 heterocycles. The van der Waals surface area contributed by atoms with Crippen LogP contribution in [0, 0.1) is 12.8 Å². The predicted octanol–water partition coefficient (Wildman–Crippen LogP) is 2.66. The van der Waals surface area contributed by atoms with E-state index >= 15 is 0 Å². The molecule has 0 aromatic carbocycles. The molecule has 1 saturated carbocycles. The summed E-state index contributed by atoms with van der Waals surface area (Å²) in [6.07, 6.45) is 3.38. The quantitative estimate of drug-likeness (QED) is 0.898. The summed E-state index contributed by atoms with van der Waals surface area (Å²) in [5, 5.41) is 13.5. The maximum absolute atomic E-state index is 11.5. The van der Waals surface area contributed by atoms with Crippen molar-refractivity contribution in [3.05, 3.63) is 17.3 Å². The summed E-state index contributed by atoms with van der Waals surface area (Å²) in [5.41, 5.74) is -0.947. The Balaban J connectivity index is 2.02. The van der Waals surface area contributed by atoms with Gasteiger partial charge in [0, 0.05) is 4.88 Å². The number of thiophene rings is 1. The van der Waals surface area contributed by atoms with E-state index in [1.807, 2.05) is 13.0 Å². The van der Waals surface area contributed by atoms with Crippen LogP contribution in [0.25, 0.3) is 10.2 Å². The molecule has 0 aliphatic heterocycles. The highest BCUT2D eigenvalue weighted by Crippen LogP contribution is 2.42. The van der Waals surface area contributed by atoms with Crippen molar-refractivity contribution in [3.8, 4) is 0 Å². The Labute approximate surface area is 114 Å². The number of hydrogen-bond acceptors (Lipinski definition) is 5. The van der Waals surface area contributed by atoms with Gasteiger partial charge in [0.2, 0.25) is 0 Å². The largest absolute Gasteiger partial charge is 0.480 e. The van der Waals surface area contributed by atoms with Crippen molar-refractivity contribution in [1.29, 1.82) is 0 Å². The van der Waals surface area contributed by atoms with E-state index in [1.54, 1.807) is 18.3 Å². The van der Waals surface area contributed by atoms with E-state index in [9.17, 15) is 9.90 Å². The average molecular weight is 277 g/mol. The first-order valence-corrected chi connectivity index (χ1v) is 7.05. The molecule has 0 radical (unpaired) electrons. The molecule has 0 spiro atoms. The first-order valence-electron chi connectivity index (χ1n) is 6.23. The van der Waals surface area contributed by atoms with E-state index in [1.165, 1.54) is 6.33 Å². The molecule has 1 atom stereocenters. The number of carbonyl (C=O) groups is 1. The minimum absolute atomic E-state index is 0.176. The molecule has 2 N–H and O–H groups in total. The number of carboxylic acid groups (broad SMARTS) is 1. The number of rotatable bonds is 4. The van der Waals surface area contributed by atoms with Crippen molar-refractivity contribution in [1.82, 2.24) is 9.97 Å². The third kappa shape index (κ3) is 2.06. The van der Waals surface area contributed by atoms with E-state index < -0.39 is 11.5 Å². The lowest BCUT2D eigenvalue weighted by Gasteiger charge is -2.26. The fourth-order valence-corrected chi connectivity index (χ4v) is 3.16. The third-order valence-corrected chi connectivity index (χ3v) is 4.63. The number of aryl methyl sites for hydroxylation is 1. The van der Waals surface area contributed by atoms with Crippen molar-refractivity contribution in [2.24, 2.45) is 5.92 Å². The Morgan fingerprint density at radius 1 is 1.53 bits per heavy atom. The standard InChI is InChI=1S/C13H15N3O2S/c1-7-5-9-10(14-6-15-11(9)19-7)16-13(2,12(17)18)8-3-4-8/h5-6,8H,3-4H2,1-2H3,(H,17,18)(H,14,15,16). The molecule has 0 amide bonds. The van der Waals surface area contributed by atoms with Crippen molar-refractivity contribution in [3.63, 3.8) is 0 Å². The average Bonchev–Trinajstić information content (AvgIpc) is 3.12. The highest BCUT2D eigenvalue weighted by molar-refractivity contribution is 7.18. The number of nitrogens with one attached hydrogen (secondary N) is 1. The van der Waals surface area contributed by atoms with Gasteiger partial charge in [0.15, 0.2) is 0 Å². The summed E-state index contributed by atoms with van der Waals surface area (Å²) >= 11 is 1.59. The zero-order valence-electron chi connectivity index (χ0n) is 10.8. The van der Waals surface area contributed by atoms with Crippen molar-refractivity contribution in [2.45, 2.75) is 32.2 Å². The lowest BCUT2D eigenvalue weighted by molar-refractivity contribution is -0.142. The SMILES string of the molecule is Cc1cc2c(NC(C)(C(=O)O)C3CC3)ncnc2s1. The number of hydrogen-bond donors (Lipinski definition) is 2. The fourth-order valence-electron chi connectivity index (χ4n) is 2.31. The van der Waals surface area contributed by atoms with E-state index in [0.29, 0.717) is 5.82 Å². The second kappa shape index (κ2) is 4.16. The number of anilines is 1. The molecule has 2 aromatic heterocycles. The van der Waals surface area contributed by atoms with Gasteiger partial charge in [0.1, 0.15) is 22.5 Å². The Morgan fingerprint density at radius 2 is 2.26 bits per heavy atom. The number of nitrogens with zero attached hydrogens (tertiary/aromatic N) is 2. The molecule has 100 valence electrons. The van der Waals surface area contributed by atoms with Gasteiger partial charge in [-0.1, -0.05) is 0 Å². The molecule has 0 bridgehead atoms. The summed E-state index contributed by atoms with van der Waals surface area (Å²) in [6, 6.07) is 2.00. The van der Waals surface area contributed by atoms with Crippen LogP contribution in [-0.2, 0) is 4.79 Å². The van der Waals surface area contributed by atoms with Gasteiger partial charge in [0.25, 0.3) is 0 Å². The molecule has 1 aliphatic carbocycles. The van der Waals surface area contributed by atoms with Gasteiger partial charge in [-0.25, -0.2) is 14.8 Å². The minimum atomic E-state index is -0.947. The zero-order valence-corrected chi connectivity index (χ0v) is 11.6. The van der Waals surface area contributed by atoms with Crippen LogP contribution in [0.5, 0.6) is 0 Å². The molecule has 5 nitrogen and oxygen atoms in total. The number of fused-ring (bicyclic) bond motifs is 1. The normalized spacial score (nSPS) is 18.2. The maximum atomic E-state index is 11.5. The van der Waals surface area contributed by atoms with Crippen LogP contribution in [0.3, 0.4) is 0 Å². The van der Waals surface area contributed by atoms with Crippen LogP contribution in [0.4, 0.5) is 5.82 Å². The minimum Gasteiger partial charge on any atom is -0.480 e. The van der Waals surface area contributed by atoms with Gasteiger partial charge in [-0.2, -0.15) is 0 Å². The van der Waals surface area contributed by atoms with E-state index in [0.717, 1.165) is 27.9 Å². The van der Waals surface area contributed by atoms with Crippen molar-refractivity contribution < 1.29 is 9.90 Å². The first kappa shape index (κ1) is 12.3. The van der Waals surface area contributed by atoms with E-state index in [4.69, 9.17) is 0 Å². The third-order valence-electron chi connectivity index (χ3n) is 3.67. The van der Waals surface area contributed by atoms with Crippen LogP contribution in [0.1, 0.15) is 24.6 Å². The Morgan fingerprint density at radius 3 is 2.89 bits per heavy atom. The van der Waals surface area contributed by atoms with Crippen LogP contribution < -0.4 is 5.32 Å². The second-order valence-electron chi connectivity index (χ2n) is 5.20. The summed E-state index contributed by atoms with van der Waals surface area (Å²) in [7, 11) is 0. The predicted molar refractivity (Wildman–Crippen MR) is 74.5 cm³/mol. The van der Waals surface area contributed by atoms with E-state index in [2.05, 4.69) is 15.3 Å². The smallest absolute Gasteiger partial charge is 0.329 e. The molecular weight excluding hydrogens is 262 g/mol. The molecule has 1 unspecified atom stereocenters. The lowest BCUT2D eigenvalue weighted by Crippen LogP contribution is -2.45. The summed E-state index contributed by atoms with van der Waals surface area (Å²) < 4.78 is 0. The topological polar surface area (TPSA) is 75.1 Å². The van der Waals surface area contributed by atoms with Gasteiger partial charge in [-0.15, -0.1) is 11.3 Å². The van der Waals surface area contributed by atoms with Crippen LogP contribution >= 0.6 is 11.3 Å². The fraction of sp³-hybridized carbons (Fsp3) is 0.462. The van der Waals surface area contributed by atoms with Crippen LogP contribution in [-0.4, -0.2) is 26.6 Å². The molecule has 1 aliphatic rings. The van der Waals surface area contributed by atoms with Gasteiger partial charge in [-0.3, -0.25) is 0 Å². The summed E-state index contributed by atoms with van der Waals surface area (Å²) in [5.74, 6) is -0.0328. The van der Waals surface area contributed by atoms with Gasteiger partial charge in [0.05, 0.1) is 5.39 Å². The Bertz CT molecular complexity index is 650. The maximum Gasteiger partial charge on any atom is 0.329 e. The number of aliphatic carboxylic acids is 1.